The minimum atomic E-state index is -2.62. The second-order valence-electron chi connectivity index (χ2n) is 0.589. The predicted octanol–water partition coefficient (Wildman–Crippen LogP) is -1.65. The van der Waals surface area contributed by atoms with Crippen molar-refractivity contribution in [3.8, 4) is 0 Å². The van der Waals surface area contributed by atoms with Gasteiger partial charge in [-0.2, -0.15) is 0 Å². The highest BCUT2D eigenvalue weighted by molar-refractivity contribution is 7.42. The molecule has 0 bridgehead atoms. The quantitative estimate of drug-likeness (QED) is 0.237. The SMILES string of the molecule is NP(O)O.OP(O)O. The van der Waals surface area contributed by atoms with Crippen molar-refractivity contribution in [3.05, 3.63) is 0 Å². The zero-order valence-electron chi connectivity index (χ0n) is 3.71. The first-order valence-electron chi connectivity index (χ1n) is 1.26. The van der Waals surface area contributed by atoms with Crippen LogP contribution >= 0.6 is 17.1 Å². The monoisotopic (exact) mass is 163 g/mol. The van der Waals surface area contributed by atoms with E-state index in [2.05, 4.69) is 5.50 Å². The van der Waals surface area contributed by atoms with Crippen LogP contribution in [0.3, 0.4) is 0 Å². The van der Waals surface area contributed by atoms with Crippen molar-refractivity contribution < 1.29 is 24.5 Å². The van der Waals surface area contributed by atoms with Crippen molar-refractivity contribution in [1.29, 1.82) is 0 Å². The predicted molar refractivity (Wildman–Crippen MR) is 29.1 cm³/mol. The Labute approximate surface area is 48.2 Å². The molecule has 0 saturated carbocycles. The summed E-state index contributed by atoms with van der Waals surface area (Å²) in [5, 5.41) is 0. The molecule has 0 aliphatic rings. The third-order valence-electron chi connectivity index (χ3n) is 0. The molecule has 0 aliphatic carbocycles. The molecule has 7 N–H and O–H groups in total. The van der Waals surface area contributed by atoms with Crippen molar-refractivity contribution in [2.24, 2.45) is 5.50 Å². The zero-order chi connectivity index (χ0) is 7.15. The van der Waals surface area contributed by atoms with Crippen LogP contribution in [0.25, 0.3) is 0 Å². The van der Waals surface area contributed by atoms with Gasteiger partial charge in [-0.05, 0) is 0 Å². The molecule has 0 spiro atoms. The topological polar surface area (TPSA) is 127 Å². The third kappa shape index (κ3) is 544. The highest BCUT2D eigenvalue weighted by Gasteiger charge is 1.76. The van der Waals surface area contributed by atoms with E-state index in [0.29, 0.717) is 0 Å². The molecule has 52 valence electrons. The molecule has 0 atom stereocenters. The Morgan fingerprint density at radius 2 is 0.875 bits per heavy atom. The largest absolute Gasteiger partial charge is 0.338 e. The van der Waals surface area contributed by atoms with Gasteiger partial charge in [-0.25, -0.2) is 0 Å². The van der Waals surface area contributed by atoms with E-state index in [1.807, 2.05) is 0 Å². The molecule has 8 heavy (non-hydrogen) atoms. The summed E-state index contributed by atoms with van der Waals surface area (Å²) in [6.45, 7) is 0. The van der Waals surface area contributed by atoms with Crippen LogP contribution in [0.2, 0.25) is 0 Å². The van der Waals surface area contributed by atoms with Crippen molar-refractivity contribution in [2.75, 3.05) is 0 Å². The van der Waals surface area contributed by atoms with Crippen molar-refractivity contribution in [2.45, 2.75) is 0 Å². The molecule has 0 saturated heterocycles. The fraction of sp³-hybridized carbons (Fsp3) is 0. The fourth-order valence-corrected chi connectivity index (χ4v) is 0. The van der Waals surface area contributed by atoms with Crippen molar-refractivity contribution in [3.63, 3.8) is 0 Å². The Hall–Kier alpha value is 0.620. The minimum absolute atomic E-state index is 2.12. The minimum Gasteiger partial charge on any atom is -0.338 e. The first-order valence-corrected chi connectivity index (χ1v) is 3.77. The van der Waals surface area contributed by atoms with Crippen LogP contribution in [-0.2, 0) is 0 Å². The molecular formula is H7NO5P2. The molecule has 0 aromatic rings. The van der Waals surface area contributed by atoms with Crippen molar-refractivity contribution >= 4 is 17.1 Å². The average molecular weight is 163 g/mol. The summed E-state index contributed by atoms with van der Waals surface area (Å²) in [6, 6.07) is 0. The summed E-state index contributed by atoms with van der Waals surface area (Å²) < 4.78 is 0. The van der Waals surface area contributed by atoms with E-state index in [1.54, 1.807) is 0 Å². The van der Waals surface area contributed by atoms with Gasteiger partial charge in [0, 0.05) is 0 Å². The van der Waals surface area contributed by atoms with Gasteiger partial charge in [-0.3, -0.25) is 5.50 Å². The van der Waals surface area contributed by atoms with E-state index in [9.17, 15) is 0 Å². The van der Waals surface area contributed by atoms with Gasteiger partial charge in [0.1, 0.15) is 0 Å². The van der Waals surface area contributed by atoms with Gasteiger partial charge in [0.25, 0.3) is 0 Å². The standard InChI is InChI=1S/H4NO2P.H3O3P/c2*1-4(2)3/h2-3H,1H2;1-3H. The van der Waals surface area contributed by atoms with E-state index in [4.69, 9.17) is 24.5 Å². The molecule has 6 nitrogen and oxygen atoms in total. The Morgan fingerprint density at radius 3 is 0.875 bits per heavy atom. The Balaban J connectivity index is 0. The van der Waals surface area contributed by atoms with Crippen LogP contribution in [0.1, 0.15) is 0 Å². The highest BCUT2D eigenvalue weighted by Crippen LogP contribution is 2.11. The molecule has 0 aliphatic heterocycles. The number of hydrogen-bond donors (Lipinski definition) is 6. The maximum Gasteiger partial charge on any atom is 0.324 e. The van der Waals surface area contributed by atoms with E-state index in [1.165, 1.54) is 0 Å². The van der Waals surface area contributed by atoms with Crippen LogP contribution in [-0.4, -0.2) is 24.5 Å². The van der Waals surface area contributed by atoms with Gasteiger partial charge in [-0.1, -0.05) is 0 Å². The van der Waals surface area contributed by atoms with E-state index in [-0.39, 0.29) is 0 Å². The van der Waals surface area contributed by atoms with Crippen LogP contribution in [0, 0.1) is 0 Å². The molecule has 0 rings (SSSR count). The van der Waals surface area contributed by atoms with Gasteiger partial charge < -0.3 is 24.5 Å². The first kappa shape index (κ1) is 11.4. The molecule has 0 fully saturated rings. The van der Waals surface area contributed by atoms with Gasteiger partial charge >= 0.3 is 8.60 Å². The molecule has 0 amide bonds. The third-order valence-corrected chi connectivity index (χ3v) is 0. The highest BCUT2D eigenvalue weighted by atomic mass is 31.2. The summed E-state index contributed by atoms with van der Waals surface area (Å²) in [4.78, 5) is 36.6. The first-order chi connectivity index (χ1) is 3.46. The van der Waals surface area contributed by atoms with Crippen LogP contribution in [0.15, 0.2) is 0 Å². The lowest BCUT2D eigenvalue weighted by Crippen LogP contribution is -1.78. The zero-order valence-corrected chi connectivity index (χ0v) is 5.50. The van der Waals surface area contributed by atoms with Gasteiger partial charge in [0.15, 0.2) is 0 Å². The lowest BCUT2D eigenvalue weighted by atomic mass is 13.9. The lowest BCUT2D eigenvalue weighted by molar-refractivity contribution is 0.368. The molecule has 0 aromatic heterocycles. The Morgan fingerprint density at radius 1 is 0.875 bits per heavy atom. The van der Waals surface area contributed by atoms with Gasteiger partial charge in [-0.15, -0.1) is 0 Å². The normalized spacial score (nSPS) is 9.00. The lowest BCUT2D eigenvalue weighted by Gasteiger charge is -1.79. The maximum atomic E-state index is 7.45. The van der Waals surface area contributed by atoms with Crippen LogP contribution in [0.5, 0.6) is 0 Å². The molecule has 0 unspecified atom stereocenters. The van der Waals surface area contributed by atoms with E-state index in [0.717, 1.165) is 0 Å². The number of hydrogen-bond acceptors (Lipinski definition) is 6. The van der Waals surface area contributed by atoms with E-state index >= 15 is 0 Å². The smallest absolute Gasteiger partial charge is 0.324 e. The molecule has 0 radical (unpaired) electrons. The Bertz CT molecular complexity index is 25.9. The number of rotatable bonds is 0. The summed E-state index contributed by atoms with van der Waals surface area (Å²) in [6.07, 6.45) is 0. The maximum absolute atomic E-state index is 7.45. The second kappa shape index (κ2) is 7.62. The summed E-state index contributed by atoms with van der Waals surface area (Å²) >= 11 is 0. The van der Waals surface area contributed by atoms with Crippen molar-refractivity contribution in [1.82, 2.24) is 0 Å². The summed E-state index contributed by atoms with van der Waals surface area (Å²) in [5.41, 5.74) is 4.29. The molecule has 0 aromatic carbocycles. The molecular weight excluding hydrogens is 156 g/mol. The van der Waals surface area contributed by atoms with E-state index < -0.39 is 17.1 Å². The second-order valence-corrected chi connectivity index (χ2v) is 1.77. The van der Waals surface area contributed by atoms with Gasteiger partial charge in [0.2, 0.25) is 8.53 Å². The van der Waals surface area contributed by atoms with Gasteiger partial charge in [0.05, 0.1) is 0 Å². The average Bonchev–Trinajstić information content (AvgIpc) is 1.25. The van der Waals surface area contributed by atoms with Crippen LogP contribution in [0.4, 0.5) is 0 Å². The summed E-state index contributed by atoms with van der Waals surface area (Å²) in [7, 11) is -4.74. The molecule has 8 heteroatoms. The van der Waals surface area contributed by atoms with Crippen LogP contribution < -0.4 is 5.50 Å². The summed E-state index contributed by atoms with van der Waals surface area (Å²) in [5.74, 6) is 0. The molecule has 0 heterocycles. The fourth-order valence-electron chi connectivity index (χ4n) is 0. The number of nitrogens with two attached hydrogens (primary N) is 1. The Kier molecular flexibility index (Phi) is 10.9.